The Morgan fingerprint density at radius 2 is 2.25 bits per heavy atom. The van der Waals surface area contributed by atoms with Crippen molar-refractivity contribution in [2.24, 2.45) is 5.73 Å². The average Bonchev–Trinajstić information content (AvgIpc) is 2.86. The van der Waals surface area contributed by atoms with Crippen molar-refractivity contribution in [2.75, 3.05) is 18.2 Å². The number of aromatic nitrogens is 2. The highest BCUT2D eigenvalue weighted by atomic mass is 32.2. The number of carbonyl (C=O) groups excluding carboxylic acids is 1. The molecule has 0 bridgehead atoms. The molecule has 1 aromatic carbocycles. The molecule has 0 aliphatic heterocycles. The fourth-order valence-corrected chi connectivity index (χ4v) is 3.21. The first-order valence-electron chi connectivity index (χ1n) is 5.83. The van der Waals surface area contributed by atoms with Crippen molar-refractivity contribution < 1.29 is 9.53 Å². The van der Waals surface area contributed by atoms with Crippen LogP contribution >= 0.6 is 23.1 Å². The van der Waals surface area contributed by atoms with Gasteiger partial charge in [0.05, 0.1) is 12.8 Å². The number of para-hydroxylation sites is 2. The molecule has 1 aromatic heterocycles. The minimum Gasteiger partial charge on any atom is -0.495 e. The van der Waals surface area contributed by atoms with Crippen molar-refractivity contribution in [3.05, 3.63) is 24.3 Å². The second-order valence-corrected chi connectivity index (χ2v) is 6.08. The lowest BCUT2D eigenvalue weighted by atomic mass is 10.3. The number of thioether (sulfide) groups is 1. The van der Waals surface area contributed by atoms with E-state index in [4.69, 9.17) is 10.5 Å². The maximum atomic E-state index is 10.7. The summed E-state index contributed by atoms with van der Waals surface area (Å²) in [4.78, 5) is 10.7. The lowest BCUT2D eigenvalue weighted by Crippen LogP contribution is -2.10. The zero-order chi connectivity index (χ0) is 14.4. The molecule has 2 rings (SSSR count). The van der Waals surface area contributed by atoms with Gasteiger partial charge in [0.25, 0.3) is 0 Å². The number of nitrogens with zero attached hydrogens (tertiary/aromatic N) is 2. The fourth-order valence-electron chi connectivity index (χ4n) is 1.42. The zero-order valence-electron chi connectivity index (χ0n) is 10.8. The third-order valence-corrected chi connectivity index (χ3v) is 4.30. The number of rotatable bonds is 7. The third kappa shape index (κ3) is 4.10. The normalized spacial score (nSPS) is 10.2. The van der Waals surface area contributed by atoms with E-state index in [0.29, 0.717) is 17.3 Å². The number of carbonyl (C=O) groups is 1. The summed E-state index contributed by atoms with van der Waals surface area (Å²) < 4.78 is 6.05. The van der Waals surface area contributed by atoms with Gasteiger partial charge in [0, 0.05) is 12.2 Å². The van der Waals surface area contributed by atoms with E-state index in [1.807, 2.05) is 24.3 Å². The lowest BCUT2D eigenvalue weighted by molar-refractivity contribution is -0.117. The first-order valence-corrected chi connectivity index (χ1v) is 7.64. The van der Waals surface area contributed by atoms with Gasteiger partial charge >= 0.3 is 0 Å². The fraction of sp³-hybridized carbons (Fsp3) is 0.250. The van der Waals surface area contributed by atoms with E-state index in [-0.39, 0.29) is 5.91 Å². The molecule has 0 aliphatic rings. The van der Waals surface area contributed by atoms with Crippen LogP contribution in [0, 0.1) is 0 Å². The Balaban J connectivity index is 1.97. The minimum absolute atomic E-state index is 0.311. The van der Waals surface area contributed by atoms with Crippen LogP contribution in [-0.4, -0.2) is 29.0 Å². The predicted octanol–water partition coefficient (Wildman–Crippen LogP) is 2.26. The lowest BCUT2D eigenvalue weighted by Gasteiger charge is -2.07. The predicted molar refractivity (Wildman–Crippen MR) is 80.7 cm³/mol. The first kappa shape index (κ1) is 14.6. The smallest absolute Gasteiger partial charge is 0.218 e. The van der Waals surface area contributed by atoms with E-state index in [2.05, 4.69) is 15.5 Å². The SMILES string of the molecule is COc1ccccc1Nc1nnc(SCCC(N)=O)s1. The van der Waals surface area contributed by atoms with Crippen LogP contribution in [0.25, 0.3) is 0 Å². The maximum Gasteiger partial charge on any atom is 0.218 e. The number of nitrogens with two attached hydrogens (primary N) is 1. The number of hydrogen-bond acceptors (Lipinski definition) is 7. The second-order valence-electron chi connectivity index (χ2n) is 3.76. The van der Waals surface area contributed by atoms with Crippen LogP contribution in [0.3, 0.4) is 0 Å². The van der Waals surface area contributed by atoms with E-state index in [0.717, 1.165) is 15.8 Å². The molecule has 8 heteroatoms. The van der Waals surface area contributed by atoms with Crippen molar-refractivity contribution in [1.82, 2.24) is 10.2 Å². The van der Waals surface area contributed by atoms with E-state index in [9.17, 15) is 4.79 Å². The Kier molecular flexibility index (Phi) is 5.19. The Bertz CT molecular complexity index is 588. The summed E-state index contributed by atoms with van der Waals surface area (Å²) in [6.45, 7) is 0. The molecule has 0 fully saturated rings. The van der Waals surface area contributed by atoms with E-state index in [1.54, 1.807) is 7.11 Å². The molecule has 1 heterocycles. The van der Waals surface area contributed by atoms with Crippen LogP contribution in [0.5, 0.6) is 5.75 Å². The highest BCUT2D eigenvalue weighted by Gasteiger charge is 2.08. The van der Waals surface area contributed by atoms with Crippen molar-refractivity contribution in [2.45, 2.75) is 10.8 Å². The Hall–Kier alpha value is -1.80. The summed E-state index contributed by atoms with van der Waals surface area (Å²) in [5.74, 6) is 1.04. The van der Waals surface area contributed by atoms with Gasteiger partial charge in [0.15, 0.2) is 4.34 Å². The molecule has 3 N–H and O–H groups in total. The molecular formula is C12H14N4O2S2. The Morgan fingerprint density at radius 1 is 1.45 bits per heavy atom. The monoisotopic (exact) mass is 310 g/mol. The van der Waals surface area contributed by atoms with Crippen molar-refractivity contribution in [3.8, 4) is 5.75 Å². The molecule has 0 atom stereocenters. The van der Waals surface area contributed by atoms with E-state index >= 15 is 0 Å². The summed E-state index contributed by atoms with van der Waals surface area (Å²) in [7, 11) is 1.62. The molecule has 20 heavy (non-hydrogen) atoms. The van der Waals surface area contributed by atoms with Crippen LogP contribution < -0.4 is 15.8 Å². The molecule has 6 nitrogen and oxygen atoms in total. The first-order chi connectivity index (χ1) is 9.69. The average molecular weight is 310 g/mol. The number of ether oxygens (including phenoxy) is 1. The van der Waals surface area contributed by atoms with E-state index in [1.165, 1.54) is 23.1 Å². The van der Waals surface area contributed by atoms with Crippen molar-refractivity contribution >= 4 is 39.8 Å². The molecule has 0 saturated carbocycles. The summed E-state index contributed by atoms with van der Waals surface area (Å²) >= 11 is 2.88. The number of methoxy groups -OCH3 is 1. The Morgan fingerprint density at radius 3 is 3.00 bits per heavy atom. The number of anilines is 2. The Labute approximate surface area is 124 Å². The topological polar surface area (TPSA) is 90.1 Å². The quantitative estimate of drug-likeness (QED) is 0.762. The maximum absolute atomic E-state index is 10.7. The highest BCUT2D eigenvalue weighted by Crippen LogP contribution is 2.31. The van der Waals surface area contributed by atoms with Gasteiger partial charge < -0.3 is 15.8 Å². The number of hydrogen-bond donors (Lipinski definition) is 2. The van der Waals surface area contributed by atoms with Crippen LogP contribution in [0.15, 0.2) is 28.6 Å². The molecule has 0 radical (unpaired) electrons. The number of nitrogens with one attached hydrogen (secondary N) is 1. The molecule has 1 amide bonds. The van der Waals surface area contributed by atoms with Gasteiger partial charge in [0.2, 0.25) is 11.0 Å². The number of amides is 1. The van der Waals surface area contributed by atoms with Crippen molar-refractivity contribution in [1.29, 1.82) is 0 Å². The molecule has 0 unspecified atom stereocenters. The van der Waals surface area contributed by atoms with Crippen LogP contribution in [0.4, 0.5) is 10.8 Å². The zero-order valence-corrected chi connectivity index (χ0v) is 12.5. The molecule has 0 spiro atoms. The highest BCUT2D eigenvalue weighted by molar-refractivity contribution is 8.01. The van der Waals surface area contributed by atoms with Crippen molar-refractivity contribution in [3.63, 3.8) is 0 Å². The summed E-state index contributed by atoms with van der Waals surface area (Å²) in [6, 6.07) is 7.58. The standard InChI is InChI=1S/C12H14N4O2S2/c1-18-9-5-3-2-4-8(9)14-11-15-16-12(20-11)19-7-6-10(13)17/h2-5H,6-7H2,1H3,(H2,13,17)(H,14,15). The van der Waals surface area contributed by atoms with Crippen LogP contribution in [-0.2, 0) is 4.79 Å². The van der Waals surface area contributed by atoms with Crippen LogP contribution in [0.1, 0.15) is 6.42 Å². The number of benzene rings is 1. The molecule has 0 saturated heterocycles. The van der Waals surface area contributed by atoms with Gasteiger partial charge in [-0.2, -0.15) is 0 Å². The molecule has 106 valence electrons. The van der Waals surface area contributed by atoms with Gasteiger partial charge in [-0.3, -0.25) is 4.79 Å². The largest absolute Gasteiger partial charge is 0.495 e. The third-order valence-electron chi connectivity index (χ3n) is 2.33. The summed E-state index contributed by atoms with van der Waals surface area (Å²) in [6.07, 6.45) is 0.333. The number of primary amides is 1. The van der Waals surface area contributed by atoms with Gasteiger partial charge in [-0.1, -0.05) is 35.2 Å². The molecular weight excluding hydrogens is 296 g/mol. The minimum atomic E-state index is -0.311. The summed E-state index contributed by atoms with van der Waals surface area (Å²) in [5.41, 5.74) is 5.92. The van der Waals surface area contributed by atoms with Gasteiger partial charge in [-0.05, 0) is 12.1 Å². The molecule has 2 aromatic rings. The van der Waals surface area contributed by atoms with Gasteiger partial charge in [0.1, 0.15) is 5.75 Å². The van der Waals surface area contributed by atoms with Crippen LogP contribution in [0.2, 0.25) is 0 Å². The van der Waals surface area contributed by atoms with Gasteiger partial charge in [-0.15, -0.1) is 10.2 Å². The van der Waals surface area contributed by atoms with Gasteiger partial charge in [-0.25, -0.2) is 0 Å². The second kappa shape index (κ2) is 7.11. The van der Waals surface area contributed by atoms with E-state index < -0.39 is 0 Å². The summed E-state index contributed by atoms with van der Waals surface area (Å²) in [5, 5.41) is 11.9. The molecule has 0 aliphatic carbocycles.